The molecule has 6 heteroatoms. The van der Waals surface area contributed by atoms with E-state index in [9.17, 15) is 14.4 Å². The van der Waals surface area contributed by atoms with Crippen LogP contribution in [0, 0.1) is 6.92 Å². The van der Waals surface area contributed by atoms with E-state index in [0.717, 1.165) is 24.8 Å². The van der Waals surface area contributed by atoms with Gasteiger partial charge in [-0.2, -0.15) is 0 Å². The molecule has 1 aliphatic rings. The molecule has 2 amide bonds. The van der Waals surface area contributed by atoms with Gasteiger partial charge in [-0.05, 0) is 55.5 Å². The van der Waals surface area contributed by atoms with Crippen LogP contribution in [0.3, 0.4) is 0 Å². The Bertz CT molecular complexity index is 913. The summed E-state index contributed by atoms with van der Waals surface area (Å²) in [5.41, 5.74) is 1.58. The van der Waals surface area contributed by atoms with Gasteiger partial charge in [0.25, 0.3) is 5.91 Å². The SMILES string of the molecule is CNC(=O)CCc1cccc(NC(=O)c2c(C)cc(C3CCC3)oc2=O)c1. The Labute approximate surface area is 158 Å². The molecule has 0 atom stereocenters. The third-order valence-electron chi connectivity index (χ3n) is 5.01. The maximum Gasteiger partial charge on any atom is 0.349 e. The lowest BCUT2D eigenvalue weighted by molar-refractivity contribution is -0.120. The fourth-order valence-electron chi connectivity index (χ4n) is 3.18. The monoisotopic (exact) mass is 368 g/mol. The van der Waals surface area contributed by atoms with E-state index in [-0.39, 0.29) is 11.5 Å². The number of benzene rings is 1. The lowest BCUT2D eigenvalue weighted by Gasteiger charge is -2.24. The van der Waals surface area contributed by atoms with Crippen LogP contribution in [0.1, 0.15) is 58.8 Å². The van der Waals surface area contributed by atoms with Crippen molar-refractivity contribution in [1.29, 1.82) is 0 Å². The number of nitrogens with one attached hydrogen (secondary N) is 2. The van der Waals surface area contributed by atoms with Gasteiger partial charge in [-0.1, -0.05) is 18.6 Å². The van der Waals surface area contributed by atoms with Crippen molar-refractivity contribution in [3.63, 3.8) is 0 Å². The number of hydrogen-bond donors (Lipinski definition) is 2. The van der Waals surface area contributed by atoms with E-state index >= 15 is 0 Å². The number of carbonyl (C=O) groups is 2. The third-order valence-corrected chi connectivity index (χ3v) is 5.01. The fraction of sp³-hybridized carbons (Fsp3) is 0.381. The third kappa shape index (κ3) is 4.45. The van der Waals surface area contributed by atoms with Crippen LogP contribution in [0.5, 0.6) is 0 Å². The Morgan fingerprint density at radius 2 is 2.00 bits per heavy atom. The summed E-state index contributed by atoms with van der Waals surface area (Å²) >= 11 is 0. The molecule has 0 unspecified atom stereocenters. The van der Waals surface area contributed by atoms with E-state index in [1.165, 1.54) is 0 Å². The van der Waals surface area contributed by atoms with Crippen LogP contribution in [-0.2, 0) is 11.2 Å². The molecular weight excluding hydrogens is 344 g/mol. The number of aryl methyl sites for hydroxylation is 2. The van der Waals surface area contributed by atoms with E-state index in [0.29, 0.717) is 35.8 Å². The van der Waals surface area contributed by atoms with Crippen molar-refractivity contribution in [3.8, 4) is 0 Å². The molecular formula is C21H24N2O4. The van der Waals surface area contributed by atoms with Crippen LogP contribution in [0.15, 0.2) is 39.5 Å². The first-order valence-corrected chi connectivity index (χ1v) is 9.23. The number of anilines is 1. The number of carbonyl (C=O) groups excluding carboxylic acids is 2. The number of hydrogen-bond acceptors (Lipinski definition) is 4. The van der Waals surface area contributed by atoms with Gasteiger partial charge in [0, 0.05) is 25.1 Å². The molecule has 1 saturated carbocycles. The average Bonchev–Trinajstić information content (AvgIpc) is 2.58. The van der Waals surface area contributed by atoms with Gasteiger partial charge >= 0.3 is 5.63 Å². The van der Waals surface area contributed by atoms with Gasteiger partial charge in [0.05, 0.1) is 0 Å². The van der Waals surface area contributed by atoms with Crippen LogP contribution in [0.25, 0.3) is 0 Å². The summed E-state index contributed by atoms with van der Waals surface area (Å²) in [6, 6.07) is 9.07. The first-order chi connectivity index (χ1) is 13.0. The maximum atomic E-state index is 12.6. The van der Waals surface area contributed by atoms with Gasteiger partial charge < -0.3 is 15.1 Å². The molecule has 3 rings (SSSR count). The second-order valence-corrected chi connectivity index (χ2v) is 6.95. The van der Waals surface area contributed by atoms with Crippen molar-refractivity contribution in [3.05, 3.63) is 63.2 Å². The highest BCUT2D eigenvalue weighted by molar-refractivity contribution is 6.04. The van der Waals surface area contributed by atoms with E-state index in [1.54, 1.807) is 32.2 Å². The van der Waals surface area contributed by atoms with Crippen molar-refractivity contribution in [2.75, 3.05) is 12.4 Å². The Morgan fingerprint density at radius 1 is 1.22 bits per heavy atom. The summed E-state index contributed by atoms with van der Waals surface area (Å²) in [5.74, 6) is 0.455. The summed E-state index contributed by atoms with van der Waals surface area (Å²) in [6.07, 6.45) is 4.14. The lowest BCUT2D eigenvalue weighted by atomic mass is 9.83. The molecule has 1 aromatic heterocycles. The van der Waals surface area contributed by atoms with Gasteiger partial charge in [0.1, 0.15) is 11.3 Å². The predicted octanol–water partition coefficient (Wildman–Crippen LogP) is 3.15. The van der Waals surface area contributed by atoms with E-state index in [2.05, 4.69) is 10.6 Å². The second-order valence-electron chi connectivity index (χ2n) is 6.95. The summed E-state index contributed by atoms with van der Waals surface area (Å²) in [6.45, 7) is 1.76. The molecule has 6 nitrogen and oxygen atoms in total. The number of amides is 2. The predicted molar refractivity (Wildman–Crippen MR) is 103 cm³/mol. The smallest absolute Gasteiger partial charge is 0.349 e. The molecule has 2 N–H and O–H groups in total. The van der Waals surface area contributed by atoms with Crippen LogP contribution >= 0.6 is 0 Å². The van der Waals surface area contributed by atoms with E-state index < -0.39 is 11.5 Å². The van der Waals surface area contributed by atoms with E-state index in [4.69, 9.17) is 4.42 Å². The normalized spacial score (nSPS) is 13.7. The van der Waals surface area contributed by atoms with Gasteiger partial charge in [-0.25, -0.2) is 4.79 Å². The zero-order valence-corrected chi connectivity index (χ0v) is 15.6. The van der Waals surface area contributed by atoms with Crippen LogP contribution in [0.4, 0.5) is 5.69 Å². The first-order valence-electron chi connectivity index (χ1n) is 9.23. The first kappa shape index (κ1) is 18.9. The summed E-state index contributed by atoms with van der Waals surface area (Å²) in [5, 5.41) is 5.34. The van der Waals surface area contributed by atoms with Crippen LogP contribution < -0.4 is 16.3 Å². The molecule has 0 radical (unpaired) electrons. The molecule has 2 aromatic rings. The fourth-order valence-corrected chi connectivity index (χ4v) is 3.18. The molecule has 1 aliphatic carbocycles. The second kappa shape index (κ2) is 8.20. The quantitative estimate of drug-likeness (QED) is 0.820. The number of rotatable bonds is 6. The van der Waals surface area contributed by atoms with Crippen molar-refractivity contribution in [2.45, 2.75) is 44.9 Å². The van der Waals surface area contributed by atoms with Crippen LogP contribution in [0.2, 0.25) is 0 Å². The van der Waals surface area contributed by atoms with Crippen LogP contribution in [-0.4, -0.2) is 18.9 Å². The molecule has 1 aromatic carbocycles. The van der Waals surface area contributed by atoms with Gasteiger partial charge in [-0.15, -0.1) is 0 Å². The Kier molecular flexibility index (Phi) is 5.74. The van der Waals surface area contributed by atoms with Gasteiger partial charge in [-0.3, -0.25) is 9.59 Å². The van der Waals surface area contributed by atoms with E-state index in [1.807, 2.05) is 12.1 Å². The molecule has 27 heavy (non-hydrogen) atoms. The topological polar surface area (TPSA) is 88.4 Å². The van der Waals surface area contributed by atoms with Crippen molar-refractivity contribution in [1.82, 2.24) is 5.32 Å². The summed E-state index contributed by atoms with van der Waals surface area (Å²) < 4.78 is 5.39. The lowest BCUT2D eigenvalue weighted by Crippen LogP contribution is -2.24. The molecule has 0 spiro atoms. The minimum atomic E-state index is -0.592. The van der Waals surface area contributed by atoms with Crippen molar-refractivity contribution < 1.29 is 14.0 Å². The molecule has 1 fully saturated rings. The Morgan fingerprint density at radius 3 is 2.63 bits per heavy atom. The average molecular weight is 368 g/mol. The highest BCUT2D eigenvalue weighted by Crippen LogP contribution is 2.36. The molecule has 142 valence electrons. The van der Waals surface area contributed by atoms with Gasteiger partial charge in [0.2, 0.25) is 5.91 Å². The summed E-state index contributed by atoms with van der Waals surface area (Å²) in [7, 11) is 1.60. The molecule has 0 saturated heterocycles. The highest BCUT2D eigenvalue weighted by atomic mass is 16.4. The maximum absolute atomic E-state index is 12.6. The van der Waals surface area contributed by atoms with Crippen molar-refractivity contribution >= 4 is 17.5 Å². The minimum absolute atomic E-state index is 0.0360. The molecule has 0 aliphatic heterocycles. The zero-order valence-electron chi connectivity index (χ0n) is 15.6. The highest BCUT2D eigenvalue weighted by Gasteiger charge is 2.25. The zero-order chi connectivity index (χ0) is 19.4. The van der Waals surface area contributed by atoms with Gasteiger partial charge in [0.15, 0.2) is 0 Å². The Hall–Kier alpha value is -2.89. The van der Waals surface area contributed by atoms with Crippen molar-refractivity contribution in [2.24, 2.45) is 0 Å². The molecule has 0 bridgehead atoms. The Balaban J connectivity index is 1.73. The molecule has 1 heterocycles. The minimum Gasteiger partial charge on any atom is -0.427 e. The summed E-state index contributed by atoms with van der Waals surface area (Å²) in [4.78, 5) is 36.3. The largest absolute Gasteiger partial charge is 0.427 e. The standard InChI is InChI=1S/C21H24N2O4/c1-13-11-17(15-6-4-7-15)27-21(26)19(13)20(25)23-16-8-3-5-14(12-16)9-10-18(24)22-2/h3,5,8,11-12,15H,4,6-7,9-10H2,1-2H3,(H,22,24)(H,23,25).